The van der Waals surface area contributed by atoms with Gasteiger partial charge in [-0.2, -0.15) is 0 Å². The van der Waals surface area contributed by atoms with E-state index in [9.17, 15) is 0 Å². The van der Waals surface area contributed by atoms with Crippen LogP contribution < -0.4 is 18.1 Å². The first kappa shape index (κ1) is 37.6. The Morgan fingerprint density at radius 1 is 0.500 bits per heavy atom. The number of aryl methyl sites for hydroxylation is 2. The van der Waals surface area contributed by atoms with Crippen LogP contribution in [0.25, 0.3) is 32.7 Å². The molecule has 0 radical (unpaired) electrons. The molecule has 0 saturated heterocycles. The third kappa shape index (κ3) is 7.85. The molecule has 7 heteroatoms. The highest BCUT2D eigenvalue weighted by Gasteiger charge is 2.30. The Labute approximate surface area is 333 Å². The molecule has 0 aliphatic heterocycles. The maximum absolute atomic E-state index is 7.26. The number of hydrogen-bond acceptors (Lipinski definition) is 4. The topological polar surface area (TPSA) is 41.9 Å². The van der Waals surface area contributed by atoms with Crippen LogP contribution in [0.4, 0.5) is 0 Å². The summed E-state index contributed by atoms with van der Waals surface area (Å²) in [4.78, 5) is 0. The maximum Gasteiger partial charge on any atom is 0.421 e. The van der Waals surface area contributed by atoms with E-state index in [0.717, 1.165) is 72.2 Å². The molecule has 6 aromatic carbocycles. The Bertz CT molecular complexity index is 2540. The standard InChI is InChI=1S/C49H47NO4P2/c1-33(2)40-25-21-35(5)31-46(40)52-55(39-17-9-10-18-39)51-44-27-23-37-15-7-11-19-42(37)48(44)49-43-20-12-8-16-38(43)24-28-45(49)53-56(50-29-13-14-30-50)54-47-32-36(6)22-26-41(47)34(3)4/h7-34,39H,1-6H3. The summed E-state index contributed by atoms with van der Waals surface area (Å²) in [5, 5.41) is 4.32. The van der Waals surface area contributed by atoms with E-state index in [1.807, 2.05) is 28.9 Å². The monoisotopic (exact) mass is 775 g/mol. The summed E-state index contributed by atoms with van der Waals surface area (Å²) < 4.78 is 30.4. The van der Waals surface area contributed by atoms with Gasteiger partial charge in [-0.15, -0.1) is 0 Å². The number of fused-ring (bicyclic) bond motifs is 2. The minimum atomic E-state index is -1.67. The number of benzene rings is 6. The van der Waals surface area contributed by atoms with Gasteiger partial charge < -0.3 is 18.1 Å². The van der Waals surface area contributed by atoms with Crippen LogP contribution >= 0.6 is 16.9 Å². The van der Waals surface area contributed by atoms with E-state index in [-0.39, 0.29) is 17.5 Å². The molecule has 1 aliphatic rings. The van der Waals surface area contributed by atoms with Crippen molar-refractivity contribution in [3.63, 3.8) is 0 Å². The second-order valence-corrected chi connectivity index (χ2v) is 17.8. The van der Waals surface area contributed by atoms with E-state index in [1.54, 1.807) is 0 Å². The molecule has 56 heavy (non-hydrogen) atoms. The fraction of sp³-hybridized carbons (Fsp3) is 0.184. The zero-order chi connectivity index (χ0) is 38.8. The van der Waals surface area contributed by atoms with Gasteiger partial charge >= 0.3 is 16.9 Å². The maximum atomic E-state index is 7.26. The molecule has 0 amide bonds. The molecule has 5 nitrogen and oxygen atoms in total. The second kappa shape index (κ2) is 16.4. The summed E-state index contributed by atoms with van der Waals surface area (Å²) in [6.07, 6.45) is 12.5. The zero-order valence-electron chi connectivity index (χ0n) is 32.7. The average molecular weight is 776 g/mol. The molecule has 282 valence electrons. The summed E-state index contributed by atoms with van der Waals surface area (Å²) in [7, 11) is -3.19. The molecule has 0 N–H and O–H groups in total. The van der Waals surface area contributed by atoms with Crippen LogP contribution in [-0.2, 0) is 0 Å². The molecule has 7 aromatic rings. The molecular formula is C49H47NO4P2. The smallest absolute Gasteiger partial charge is 0.421 e. The number of allylic oxidation sites excluding steroid dienone is 4. The summed E-state index contributed by atoms with van der Waals surface area (Å²) in [6.45, 7) is 13.0. The lowest BCUT2D eigenvalue weighted by molar-refractivity contribution is 0.473. The molecule has 0 spiro atoms. The number of aromatic nitrogens is 1. The first-order valence-corrected chi connectivity index (χ1v) is 21.7. The number of rotatable bonds is 13. The summed E-state index contributed by atoms with van der Waals surface area (Å²) >= 11 is 0. The van der Waals surface area contributed by atoms with Crippen molar-refractivity contribution in [2.75, 3.05) is 0 Å². The molecule has 0 saturated carbocycles. The van der Waals surface area contributed by atoms with Crippen LogP contribution in [0.2, 0.25) is 0 Å². The minimum Gasteiger partial charge on any atom is -0.438 e. The van der Waals surface area contributed by atoms with Crippen LogP contribution in [0.1, 0.15) is 61.8 Å². The number of nitrogens with zero attached hydrogens (tertiary/aromatic N) is 1. The Morgan fingerprint density at radius 2 is 0.964 bits per heavy atom. The van der Waals surface area contributed by atoms with Crippen molar-refractivity contribution in [3.8, 4) is 34.1 Å². The normalized spacial score (nSPS) is 13.9. The Balaban J connectivity index is 1.30. The third-order valence-corrected chi connectivity index (χ3v) is 13.0. The molecule has 1 aromatic heterocycles. The van der Waals surface area contributed by atoms with Gasteiger partial charge in [-0.3, -0.25) is 4.34 Å². The average Bonchev–Trinajstić information content (AvgIpc) is 3.94. The van der Waals surface area contributed by atoms with Crippen molar-refractivity contribution in [2.45, 2.75) is 59.0 Å². The van der Waals surface area contributed by atoms with E-state index >= 15 is 0 Å². The van der Waals surface area contributed by atoms with Gasteiger partial charge in [0.25, 0.3) is 0 Å². The summed E-state index contributed by atoms with van der Waals surface area (Å²) in [5.41, 5.74) is 6.44. The van der Waals surface area contributed by atoms with Crippen molar-refractivity contribution in [3.05, 3.63) is 180 Å². The van der Waals surface area contributed by atoms with E-state index < -0.39 is 16.9 Å². The van der Waals surface area contributed by atoms with Gasteiger partial charge in [-0.25, -0.2) is 0 Å². The molecule has 2 unspecified atom stereocenters. The van der Waals surface area contributed by atoms with Gasteiger partial charge in [0, 0.05) is 23.5 Å². The molecule has 1 aliphatic carbocycles. The van der Waals surface area contributed by atoms with Gasteiger partial charge in [0.15, 0.2) is 0 Å². The first-order chi connectivity index (χ1) is 27.2. The number of hydrogen-bond donors (Lipinski definition) is 0. The third-order valence-electron chi connectivity index (χ3n) is 10.1. The van der Waals surface area contributed by atoms with Gasteiger partial charge in [0.05, 0.1) is 5.66 Å². The van der Waals surface area contributed by atoms with Crippen molar-refractivity contribution in [2.24, 2.45) is 0 Å². The van der Waals surface area contributed by atoms with Gasteiger partial charge in [0.1, 0.15) is 23.0 Å². The minimum absolute atomic E-state index is 0.0347. The predicted octanol–water partition coefficient (Wildman–Crippen LogP) is 14.8. The van der Waals surface area contributed by atoms with Gasteiger partial charge in [-0.05, 0) is 106 Å². The molecular weight excluding hydrogens is 728 g/mol. The lowest BCUT2D eigenvalue weighted by atomic mass is 9.92. The predicted molar refractivity (Wildman–Crippen MR) is 236 cm³/mol. The van der Waals surface area contributed by atoms with Crippen LogP contribution in [0, 0.1) is 13.8 Å². The molecule has 8 rings (SSSR count). The zero-order valence-corrected chi connectivity index (χ0v) is 34.5. The van der Waals surface area contributed by atoms with Crippen LogP contribution in [0.3, 0.4) is 0 Å². The van der Waals surface area contributed by atoms with Crippen molar-refractivity contribution in [1.82, 2.24) is 4.34 Å². The highest BCUT2D eigenvalue weighted by molar-refractivity contribution is 7.49. The Morgan fingerprint density at radius 3 is 1.50 bits per heavy atom. The van der Waals surface area contributed by atoms with Crippen LogP contribution in [0.5, 0.6) is 23.0 Å². The van der Waals surface area contributed by atoms with Gasteiger partial charge in [0.2, 0.25) is 0 Å². The summed E-state index contributed by atoms with van der Waals surface area (Å²) in [5.74, 6) is 3.69. The van der Waals surface area contributed by atoms with E-state index in [0.29, 0.717) is 5.75 Å². The lowest BCUT2D eigenvalue weighted by Crippen LogP contribution is -2.09. The van der Waals surface area contributed by atoms with Gasteiger partial charge in [-0.1, -0.05) is 137 Å². The van der Waals surface area contributed by atoms with E-state index in [4.69, 9.17) is 18.1 Å². The highest BCUT2D eigenvalue weighted by atomic mass is 31.2. The first-order valence-electron chi connectivity index (χ1n) is 19.3. The van der Waals surface area contributed by atoms with Crippen molar-refractivity contribution < 1.29 is 18.1 Å². The van der Waals surface area contributed by atoms with Crippen LogP contribution in [0.15, 0.2) is 158 Å². The van der Waals surface area contributed by atoms with E-state index in [1.165, 1.54) is 0 Å². The highest BCUT2D eigenvalue weighted by Crippen LogP contribution is 2.55. The molecule has 0 fully saturated rings. The fourth-order valence-electron chi connectivity index (χ4n) is 7.18. The molecule has 0 bridgehead atoms. The molecule has 1 heterocycles. The second-order valence-electron chi connectivity index (χ2n) is 14.9. The lowest BCUT2D eigenvalue weighted by Gasteiger charge is -2.27. The van der Waals surface area contributed by atoms with Crippen LogP contribution in [-0.4, -0.2) is 10.00 Å². The van der Waals surface area contributed by atoms with E-state index in [2.05, 4.69) is 175 Å². The summed E-state index contributed by atoms with van der Waals surface area (Å²) in [6, 6.07) is 42.3. The Hall–Kier alpha value is -5.34. The van der Waals surface area contributed by atoms with Crippen molar-refractivity contribution >= 4 is 38.4 Å². The quantitative estimate of drug-likeness (QED) is 0.109. The SMILES string of the molecule is Cc1ccc(C(C)C)c(OP(Oc2ccc3ccccc3c2-c2c(OP(Oc3cc(C)ccc3C(C)C)n3cccc3)ccc3ccccc23)C2C=CC=C2)c1. The van der Waals surface area contributed by atoms with Crippen molar-refractivity contribution in [1.29, 1.82) is 0 Å². The Kier molecular flexibility index (Phi) is 11.0. The molecule has 2 atom stereocenters. The largest absolute Gasteiger partial charge is 0.438 e. The fourth-order valence-corrected chi connectivity index (χ4v) is 9.88.